The largest absolute Gasteiger partial charge is 0.611 e. The minimum atomic E-state index is -1.22. The quantitative estimate of drug-likeness (QED) is 0.0675. The third kappa shape index (κ3) is 10.5. The molecule has 1 atom stereocenters. The number of rotatable bonds is 17. The second-order valence-electron chi connectivity index (χ2n) is 13.2. The lowest BCUT2D eigenvalue weighted by Gasteiger charge is -2.33. The summed E-state index contributed by atoms with van der Waals surface area (Å²) in [7, 11) is 0. The van der Waals surface area contributed by atoms with Gasteiger partial charge in [0.25, 0.3) is 5.91 Å². The highest BCUT2D eigenvalue weighted by Crippen LogP contribution is 2.33. The number of carbonyl (C=O) groups is 1. The molecule has 1 aliphatic heterocycles. The maximum atomic E-state index is 13.4. The van der Waals surface area contributed by atoms with Crippen LogP contribution in [0.1, 0.15) is 71.1 Å². The maximum absolute atomic E-state index is 13.4. The first-order chi connectivity index (χ1) is 24.3. The molecule has 0 saturated carbocycles. The fourth-order valence-electron chi connectivity index (χ4n) is 6.04. The molecular formula is C41H52N4O4S. The number of imidazole rings is 1. The van der Waals surface area contributed by atoms with Crippen molar-refractivity contribution in [1.29, 1.82) is 0 Å². The summed E-state index contributed by atoms with van der Waals surface area (Å²) < 4.78 is 26.6. The average Bonchev–Trinajstić information content (AvgIpc) is 3.57. The minimum absolute atomic E-state index is 0.175. The highest BCUT2D eigenvalue weighted by molar-refractivity contribution is 7.90. The lowest BCUT2D eigenvalue weighted by Crippen LogP contribution is -2.33. The molecular weight excluding hydrogens is 645 g/mol. The van der Waals surface area contributed by atoms with E-state index in [-0.39, 0.29) is 5.91 Å². The molecule has 1 N–H and O–H groups in total. The van der Waals surface area contributed by atoms with Gasteiger partial charge in [0.2, 0.25) is 0 Å². The number of hydrogen-bond acceptors (Lipinski definition) is 6. The van der Waals surface area contributed by atoms with Gasteiger partial charge in [0.05, 0.1) is 24.8 Å². The zero-order valence-electron chi connectivity index (χ0n) is 30.0. The Hall–Kier alpha value is -4.05. The van der Waals surface area contributed by atoms with Crippen molar-refractivity contribution in [3.8, 4) is 16.9 Å². The van der Waals surface area contributed by atoms with E-state index in [0.717, 1.165) is 92.2 Å². The minimum Gasteiger partial charge on any atom is -0.611 e. The summed E-state index contributed by atoms with van der Waals surface area (Å²) in [6.07, 6.45) is 11.0. The Bertz CT molecular complexity index is 1680. The van der Waals surface area contributed by atoms with Gasteiger partial charge in [-0.05, 0) is 121 Å². The molecule has 0 radical (unpaired) electrons. The van der Waals surface area contributed by atoms with E-state index in [2.05, 4.69) is 66.3 Å². The molecule has 1 aliphatic rings. The Balaban J connectivity index is 1.27. The Kier molecular flexibility index (Phi) is 14.0. The van der Waals surface area contributed by atoms with Crippen molar-refractivity contribution >= 4 is 34.5 Å². The molecule has 0 aliphatic carbocycles. The lowest BCUT2D eigenvalue weighted by atomic mass is 9.96. The smallest absolute Gasteiger partial charge is 0.251 e. The Morgan fingerprint density at radius 3 is 2.44 bits per heavy atom. The standard InChI is InChI=1S/C41H52N4O4S/c1-5-7-23-48-24-25-49-38-13-8-33(9-14-38)34-10-17-40(44-21-18-31(3)19-22-44)35(27-34)26-32(4)41(46)43-36-11-15-39(16-12-36)50(47)29-37-28-42-30-45(37)20-6-2/h8-17,26-28,30-31H,5-7,18-25,29H2,1-4H3,(H,43,46)/t50-/m0/s1. The van der Waals surface area contributed by atoms with E-state index in [0.29, 0.717) is 41.0 Å². The van der Waals surface area contributed by atoms with Crippen LogP contribution in [0.25, 0.3) is 17.2 Å². The van der Waals surface area contributed by atoms with Crippen LogP contribution in [0.3, 0.4) is 0 Å². The molecule has 1 fully saturated rings. The summed E-state index contributed by atoms with van der Waals surface area (Å²) in [6, 6.07) is 22.0. The van der Waals surface area contributed by atoms with Crippen LogP contribution in [-0.2, 0) is 33.0 Å². The number of amides is 1. The van der Waals surface area contributed by atoms with Gasteiger partial charge in [-0.15, -0.1) is 0 Å². The van der Waals surface area contributed by atoms with Crippen LogP contribution >= 0.6 is 0 Å². The fourth-order valence-corrected chi connectivity index (χ4v) is 7.16. The molecule has 0 bridgehead atoms. The van der Waals surface area contributed by atoms with Gasteiger partial charge in [0, 0.05) is 43.2 Å². The number of benzene rings is 3. The Morgan fingerprint density at radius 2 is 1.72 bits per heavy atom. The predicted molar refractivity (Wildman–Crippen MR) is 205 cm³/mol. The van der Waals surface area contributed by atoms with E-state index in [9.17, 15) is 9.35 Å². The molecule has 1 amide bonds. The Morgan fingerprint density at radius 1 is 0.980 bits per heavy atom. The van der Waals surface area contributed by atoms with Gasteiger partial charge >= 0.3 is 0 Å². The zero-order valence-corrected chi connectivity index (χ0v) is 30.8. The normalized spacial score (nSPS) is 14.5. The average molecular weight is 697 g/mol. The first-order valence-electron chi connectivity index (χ1n) is 18.0. The molecule has 5 rings (SSSR count). The van der Waals surface area contributed by atoms with Gasteiger partial charge in [-0.25, -0.2) is 4.98 Å². The number of nitrogens with zero attached hydrogens (tertiary/aromatic N) is 3. The van der Waals surface area contributed by atoms with E-state index in [1.54, 1.807) is 12.5 Å². The first-order valence-corrected chi connectivity index (χ1v) is 19.3. The third-order valence-corrected chi connectivity index (χ3v) is 10.5. The third-order valence-electron chi connectivity index (χ3n) is 9.13. The maximum Gasteiger partial charge on any atom is 0.251 e. The monoisotopic (exact) mass is 696 g/mol. The van der Waals surface area contributed by atoms with Gasteiger partial charge in [0.1, 0.15) is 12.4 Å². The van der Waals surface area contributed by atoms with E-state index in [4.69, 9.17) is 9.47 Å². The molecule has 50 heavy (non-hydrogen) atoms. The number of carbonyl (C=O) groups excluding carboxylic acids is 1. The van der Waals surface area contributed by atoms with E-state index < -0.39 is 11.2 Å². The molecule has 266 valence electrons. The molecule has 0 unspecified atom stereocenters. The number of piperidine rings is 1. The van der Waals surface area contributed by atoms with Gasteiger partial charge < -0.3 is 28.8 Å². The highest BCUT2D eigenvalue weighted by Gasteiger charge is 2.20. The number of anilines is 2. The lowest BCUT2D eigenvalue weighted by molar-refractivity contribution is -0.112. The van der Waals surface area contributed by atoms with Crippen molar-refractivity contribution in [1.82, 2.24) is 9.55 Å². The van der Waals surface area contributed by atoms with Crippen molar-refractivity contribution in [2.24, 2.45) is 5.92 Å². The van der Waals surface area contributed by atoms with Crippen LogP contribution in [0.15, 0.2) is 89.7 Å². The van der Waals surface area contributed by atoms with E-state index in [1.807, 2.05) is 54.0 Å². The van der Waals surface area contributed by atoms with Gasteiger partial charge in [-0.2, -0.15) is 0 Å². The summed E-state index contributed by atoms with van der Waals surface area (Å²) >= 11 is -1.22. The van der Waals surface area contributed by atoms with Crippen LogP contribution in [0, 0.1) is 5.92 Å². The highest BCUT2D eigenvalue weighted by atomic mass is 32.2. The second kappa shape index (κ2) is 18.8. The number of unbranched alkanes of at least 4 members (excludes halogenated alkanes) is 1. The van der Waals surface area contributed by atoms with Crippen molar-refractivity contribution in [2.75, 3.05) is 43.1 Å². The number of aromatic nitrogens is 2. The molecule has 3 aromatic carbocycles. The molecule has 9 heteroatoms. The van der Waals surface area contributed by atoms with Crippen LogP contribution in [0.4, 0.5) is 11.4 Å². The van der Waals surface area contributed by atoms with Crippen LogP contribution in [0.5, 0.6) is 5.75 Å². The number of nitrogens with one attached hydrogen (secondary N) is 1. The molecule has 2 heterocycles. The summed E-state index contributed by atoms with van der Waals surface area (Å²) in [5, 5.41) is 3.03. The van der Waals surface area contributed by atoms with Crippen molar-refractivity contribution in [2.45, 2.75) is 77.0 Å². The zero-order chi connectivity index (χ0) is 35.3. The van der Waals surface area contributed by atoms with E-state index in [1.165, 1.54) is 0 Å². The Labute approximate surface area is 301 Å². The topological polar surface area (TPSA) is 91.7 Å². The second-order valence-corrected chi connectivity index (χ2v) is 14.6. The van der Waals surface area contributed by atoms with Crippen molar-refractivity contribution in [3.05, 3.63) is 96.1 Å². The molecule has 4 aromatic rings. The van der Waals surface area contributed by atoms with Crippen LogP contribution in [0.2, 0.25) is 0 Å². The summed E-state index contributed by atoms with van der Waals surface area (Å²) in [6.45, 7) is 13.2. The number of hydrogen-bond donors (Lipinski definition) is 1. The SMILES string of the molecule is CCCCOCCOc1ccc(-c2ccc(N3CCC(C)CC3)c(C=C(C)C(=O)Nc3ccc([S@@+]([O-])Cc4cncn4CCC)cc3)c2)cc1. The summed E-state index contributed by atoms with van der Waals surface area (Å²) in [5.74, 6) is 1.76. The number of aryl methyl sites for hydroxylation is 1. The van der Waals surface area contributed by atoms with Crippen LogP contribution < -0.4 is 15.0 Å². The van der Waals surface area contributed by atoms with Crippen LogP contribution in [-0.4, -0.2) is 52.9 Å². The summed E-state index contributed by atoms with van der Waals surface area (Å²) in [5.41, 5.74) is 6.54. The molecule has 1 aromatic heterocycles. The van der Waals surface area contributed by atoms with E-state index >= 15 is 0 Å². The van der Waals surface area contributed by atoms with Crippen molar-refractivity contribution in [3.63, 3.8) is 0 Å². The predicted octanol–water partition coefficient (Wildman–Crippen LogP) is 8.74. The van der Waals surface area contributed by atoms with Gasteiger partial charge in [-0.3, -0.25) is 4.79 Å². The molecule has 0 spiro atoms. The number of ether oxygens (including phenoxy) is 2. The molecule has 8 nitrogen and oxygen atoms in total. The fraction of sp³-hybridized carbons (Fsp3) is 0.415. The van der Waals surface area contributed by atoms with Crippen molar-refractivity contribution < 1.29 is 18.8 Å². The van der Waals surface area contributed by atoms with Gasteiger partial charge in [-0.1, -0.05) is 45.4 Å². The first kappa shape index (κ1) is 37.2. The summed E-state index contributed by atoms with van der Waals surface area (Å²) in [4.78, 5) is 20.8. The van der Waals surface area contributed by atoms with Gasteiger partial charge in [0.15, 0.2) is 10.6 Å². The molecule has 1 saturated heterocycles.